The van der Waals surface area contributed by atoms with Crippen molar-refractivity contribution in [1.82, 2.24) is 4.98 Å². The number of rotatable bonds is 7. The number of pyridine rings is 1. The molecular formula is C49H35N3. The third-order valence-electron chi connectivity index (χ3n) is 10.00. The van der Waals surface area contributed by atoms with E-state index in [2.05, 4.69) is 138 Å². The van der Waals surface area contributed by atoms with E-state index < -0.39 is 0 Å². The van der Waals surface area contributed by atoms with Crippen LogP contribution in [-0.2, 0) is 6.54 Å². The predicted molar refractivity (Wildman–Crippen MR) is 220 cm³/mol. The summed E-state index contributed by atoms with van der Waals surface area (Å²) in [4.78, 5) is 9.41. The second kappa shape index (κ2) is 13.5. The van der Waals surface area contributed by atoms with Crippen molar-refractivity contribution in [1.29, 1.82) is 0 Å². The third kappa shape index (κ3) is 5.78. The Hall–Kier alpha value is -6.84. The van der Waals surface area contributed by atoms with Crippen molar-refractivity contribution in [2.75, 3.05) is 0 Å². The number of nitrogens with two attached hydrogens (primary N) is 1. The SMILES string of the molecule is N/C(=C\C(=NCc1ccccc1)c1ccc(-c2cc3c4ccccc4c4ccccc4c3c3ccccc23)cc1)c1cccc(-c2cccnc2)c1. The van der Waals surface area contributed by atoms with Crippen LogP contribution < -0.4 is 5.73 Å². The lowest BCUT2D eigenvalue weighted by atomic mass is 9.87. The topological polar surface area (TPSA) is 51.3 Å². The molecule has 0 atom stereocenters. The van der Waals surface area contributed by atoms with Crippen LogP contribution in [0.1, 0.15) is 16.7 Å². The molecule has 0 aliphatic heterocycles. The highest BCUT2D eigenvalue weighted by Crippen LogP contribution is 2.42. The van der Waals surface area contributed by atoms with Gasteiger partial charge in [-0.15, -0.1) is 0 Å². The summed E-state index contributed by atoms with van der Waals surface area (Å²) in [5, 5.41) is 10.2. The van der Waals surface area contributed by atoms with Gasteiger partial charge >= 0.3 is 0 Å². The van der Waals surface area contributed by atoms with Gasteiger partial charge in [0.25, 0.3) is 0 Å². The number of allylic oxidation sites excluding steroid dienone is 1. The monoisotopic (exact) mass is 665 g/mol. The number of benzene rings is 8. The van der Waals surface area contributed by atoms with Gasteiger partial charge in [0.1, 0.15) is 0 Å². The van der Waals surface area contributed by atoms with E-state index in [1.807, 2.05) is 48.7 Å². The highest BCUT2D eigenvalue weighted by Gasteiger charge is 2.15. The molecule has 0 spiro atoms. The summed E-state index contributed by atoms with van der Waals surface area (Å²) < 4.78 is 0. The Morgan fingerprint density at radius 1 is 0.500 bits per heavy atom. The molecule has 0 saturated carbocycles. The molecule has 9 rings (SSSR count). The van der Waals surface area contributed by atoms with Crippen LogP contribution >= 0.6 is 0 Å². The Labute approximate surface area is 303 Å². The quantitative estimate of drug-likeness (QED) is 0.136. The van der Waals surface area contributed by atoms with Crippen molar-refractivity contribution in [2.45, 2.75) is 6.54 Å². The molecule has 3 heteroatoms. The summed E-state index contributed by atoms with van der Waals surface area (Å²) in [6.45, 7) is 0.549. The first-order valence-electron chi connectivity index (χ1n) is 17.6. The summed E-state index contributed by atoms with van der Waals surface area (Å²) in [6, 6.07) is 60.2. The van der Waals surface area contributed by atoms with Crippen molar-refractivity contribution in [3.63, 3.8) is 0 Å². The van der Waals surface area contributed by atoms with Crippen molar-refractivity contribution in [3.05, 3.63) is 205 Å². The van der Waals surface area contributed by atoms with Gasteiger partial charge in [0.15, 0.2) is 0 Å². The zero-order valence-corrected chi connectivity index (χ0v) is 28.6. The van der Waals surface area contributed by atoms with Crippen LogP contribution in [-0.4, -0.2) is 10.7 Å². The van der Waals surface area contributed by atoms with Crippen molar-refractivity contribution >= 4 is 54.5 Å². The highest BCUT2D eigenvalue weighted by molar-refractivity contribution is 6.33. The predicted octanol–water partition coefficient (Wildman–Crippen LogP) is 12.0. The molecule has 0 unspecified atom stereocenters. The number of hydrogen-bond donors (Lipinski definition) is 1. The summed E-state index contributed by atoms with van der Waals surface area (Å²) in [5.41, 5.74) is 15.9. The highest BCUT2D eigenvalue weighted by atomic mass is 14.7. The summed E-state index contributed by atoms with van der Waals surface area (Å²) in [5.74, 6) is 0. The zero-order chi connectivity index (χ0) is 34.9. The molecule has 9 aromatic rings. The lowest BCUT2D eigenvalue weighted by Crippen LogP contribution is -2.05. The Kier molecular flexibility index (Phi) is 8.07. The van der Waals surface area contributed by atoms with Crippen molar-refractivity contribution in [2.24, 2.45) is 10.7 Å². The molecule has 1 aromatic heterocycles. The average molecular weight is 666 g/mol. The fourth-order valence-electron chi connectivity index (χ4n) is 7.45. The van der Waals surface area contributed by atoms with Gasteiger partial charge in [0, 0.05) is 23.7 Å². The molecule has 0 saturated heterocycles. The molecule has 0 aliphatic rings. The molecule has 8 aromatic carbocycles. The molecule has 0 amide bonds. The van der Waals surface area contributed by atoms with Crippen LogP contribution in [0.15, 0.2) is 193 Å². The van der Waals surface area contributed by atoms with Crippen LogP contribution in [0.25, 0.3) is 71.0 Å². The summed E-state index contributed by atoms with van der Waals surface area (Å²) in [7, 11) is 0. The number of aliphatic imine (C=N–C) groups is 1. The number of hydrogen-bond acceptors (Lipinski definition) is 3. The van der Waals surface area contributed by atoms with Gasteiger partial charge in [-0.2, -0.15) is 0 Å². The van der Waals surface area contributed by atoms with E-state index >= 15 is 0 Å². The van der Waals surface area contributed by atoms with Gasteiger partial charge in [-0.1, -0.05) is 152 Å². The van der Waals surface area contributed by atoms with E-state index in [1.165, 1.54) is 48.7 Å². The van der Waals surface area contributed by atoms with Crippen LogP contribution in [0.2, 0.25) is 0 Å². The molecule has 2 N–H and O–H groups in total. The van der Waals surface area contributed by atoms with E-state index in [0.717, 1.165) is 39.1 Å². The second-order valence-electron chi connectivity index (χ2n) is 13.2. The Morgan fingerprint density at radius 2 is 1.12 bits per heavy atom. The van der Waals surface area contributed by atoms with E-state index in [0.29, 0.717) is 12.2 Å². The van der Waals surface area contributed by atoms with Crippen LogP contribution in [0.4, 0.5) is 0 Å². The van der Waals surface area contributed by atoms with Gasteiger partial charge in [-0.3, -0.25) is 9.98 Å². The van der Waals surface area contributed by atoms with Gasteiger partial charge in [0.05, 0.1) is 12.3 Å². The molecule has 0 bridgehead atoms. The van der Waals surface area contributed by atoms with Crippen LogP contribution in [0.5, 0.6) is 0 Å². The van der Waals surface area contributed by atoms with Gasteiger partial charge in [-0.05, 0) is 101 Å². The standard InChI is InChI=1S/C49H35N3/c50-47(37-15-10-14-36(28-37)38-16-11-27-51-32-38)30-48(52-31-33-12-2-1-3-13-33)35-25-23-34(24-26-35)45-29-46-41-19-5-4-17-39(41)40-18-6-8-21-43(40)49(46)44-22-9-7-20-42(44)45/h1-30,32H,31,50H2/b47-30-,52-48?. The smallest absolute Gasteiger partial charge is 0.0671 e. The molecule has 0 aliphatic carbocycles. The van der Waals surface area contributed by atoms with Gasteiger partial charge in [-0.25, -0.2) is 0 Å². The van der Waals surface area contributed by atoms with Gasteiger partial charge < -0.3 is 5.73 Å². The van der Waals surface area contributed by atoms with Crippen LogP contribution in [0.3, 0.4) is 0 Å². The van der Waals surface area contributed by atoms with E-state index in [9.17, 15) is 0 Å². The minimum atomic E-state index is 0.549. The normalized spacial score (nSPS) is 12.2. The molecule has 0 radical (unpaired) electrons. The first-order valence-corrected chi connectivity index (χ1v) is 17.6. The fraction of sp³-hybridized carbons (Fsp3) is 0.0204. The molecule has 246 valence electrons. The number of aromatic nitrogens is 1. The Bertz CT molecular complexity index is 2800. The Balaban J connectivity index is 1.16. The minimum absolute atomic E-state index is 0.549. The Morgan fingerprint density at radius 3 is 1.83 bits per heavy atom. The van der Waals surface area contributed by atoms with Crippen LogP contribution in [0, 0.1) is 0 Å². The summed E-state index contributed by atoms with van der Waals surface area (Å²) in [6.07, 6.45) is 5.66. The first kappa shape index (κ1) is 31.2. The van der Waals surface area contributed by atoms with E-state index in [1.54, 1.807) is 6.20 Å². The van der Waals surface area contributed by atoms with E-state index in [4.69, 9.17) is 10.7 Å². The largest absolute Gasteiger partial charge is 0.398 e. The van der Waals surface area contributed by atoms with Crippen molar-refractivity contribution < 1.29 is 0 Å². The van der Waals surface area contributed by atoms with E-state index in [-0.39, 0.29) is 0 Å². The first-order chi connectivity index (χ1) is 25.7. The third-order valence-corrected chi connectivity index (χ3v) is 10.00. The molecule has 3 nitrogen and oxygen atoms in total. The van der Waals surface area contributed by atoms with Gasteiger partial charge in [0.2, 0.25) is 0 Å². The lowest BCUT2D eigenvalue weighted by Gasteiger charge is -2.16. The van der Waals surface area contributed by atoms with Crippen molar-refractivity contribution in [3.8, 4) is 22.3 Å². The second-order valence-corrected chi connectivity index (χ2v) is 13.2. The minimum Gasteiger partial charge on any atom is -0.398 e. The maximum absolute atomic E-state index is 6.83. The maximum Gasteiger partial charge on any atom is 0.0671 e. The number of nitrogens with zero attached hydrogens (tertiary/aromatic N) is 2. The molecule has 1 heterocycles. The number of fused-ring (bicyclic) bond motifs is 8. The molecular weight excluding hydrogens is 631 g/mol. The fourth-order valence-corrected chi connectivity index (χ4v) is 7.45. The zero-order valence-electron chi connectivity index (χ0n) is 28.6. The molecule has 0 fully saturated rings. The lowest BCUT2D eigenvalue weighted by molar-refractivity contribution is 1.07. The molecule has 52 heavy (non-hydrogen) atoms. The summed E-state index contributed by atoms with van der Waals surface area (Å²) >= 11 is 0. The maximum atomic E-state index is 6.83. The average Bonchev–Trinajstić information content (AvgIpc) is 3.22.